The molecule has 3 aromatic carbocycles. The summed E-state index contributed by atoms with van der Waals surface area (Å²) in [7, 11) is 0. The number of cyclic esters (lactones) is 1. The van der Waals surface area contributed by atoms with Crippen LogP contribution in [-0.2, 0) is 16.9 Å². The number of nitrogens with zero attached hydrogens (tertiary/aromatic N) is 2. The number of ether oxygens (including phenoxy) is 1. The molecule has 30 heavy (non-hydrogen) atoms. The molecule has 1 atom stereocenters. The van der Waals surface area contributed by atoms with Crippen LogP contribution in [0.3, 0.4) is 0 Å². The van der Waals surface area contributed by atoms with Crippen molar-refractivity contribution in [2.45, 2.75) is 25.1 Å². The molecule has 5 rings (SSSR count). The Bertz CT molecular complexity index is 978. The van der Waals surface area contributed by atoms with Crippen LogP contribution in [0.1, 0.15) is 22.3 Å². The third-order valence-corrected chi connectivity index (χ3v) is 6.35. The number of carbonyl (C=O) groups is 1. The summed E-state index contributed by atoms with van der Waals surface area (Å²) in [6, 6.07) is 29.0. The lowest BCUT2D eigenvalue weighted by Gasteiger charge is -2.42. The van der Waals surface area contributed by atoms with E-state index in [1.54, 1.807) is 0 Å². The van der Waals surface area contributed by atoms with Gasteiger partial charge < -0.3 is 4.74 Å². The molecule has 0 N–H and O–H groups in total. The number of fused-ring (bicyclic) bond motifs is 1. The maximum atomic E-state index is 13.0. The Morgan fingerprint density at radius 3 is 2.07 bits per heavy atom. The van der Waals surface area contributed by atoms with E-state index >= 15 is 0 Å². The molecule has 1 unspecified atom stereocenters. The Morgan fingerprint density at radius 1 is 0.867 bits per heavy atom. The highest BCUT2D eigenvalue weighted by atomic mass is 16.6. The molecule has 3 aromatic rings. The second-order valence-electron chi connectivity index (χ2n) is 8.27. The van der Waals surface area contributed by atoms with Gasteiger partial charge >= 0.3 is 6.09 Å². The molecule has 2 fully saturated rings. The van der Waals surface area contributed by atoms with Gasteiger partial charge in [-0.25, -0.2) is 4.79 Å². The van der Waals surface area contributed by atoms with Gasteiger partial charge in [0, 0.05) is 37.3 Å². The smallest absolute Gasteiger partial charge is 0.411 e. The Morgan fingerprint density at radius 2 is 1.47 bits per heavy atom. The molecule has 0 aliphatic carbocycles. The minimum atomic E-state index is -0.800. The predicted octanol–water partition coefficient (Wildman–Crippen LogP) is 4.58. The van der Waals surface area contributed by atoms with Gasteiger partial charge in [0.1, 0.15) is 0 Å². The lowest BCUT2D eigenvalue weighted by Crippen LogP contribution is -2.56. The number of amides is 1. The van der Waals surface area contributed by atoms with Gasteiger partial charge in [-0.15, -0.1) is 0 Å². The SMILES string of the molecule is Cc1ccc(CN2CCN3C(=O)OC(c4ccccc4)(c4ccccc4)C3C2)cc1. The van der Waals surface area contributed by atoms with Crippen molar-refractivity contribution in [3.8, 4) is 0 Å². The Labute approximate surface area is 177 Å². The van der Waals surface area contributed by atoms with Crippen molar-refractivity contribution in [1.29, 1.82) is 0 Å². The first-order chi connectivity index (χ1) is 14.7. The summed E-state index contributed by atoms with van der Waals surface area (Å²) in [5, 5.41) is 0. The Kier molecular flexibility index (Phi) is 4.80. The fourth-order valence-electron chi connectivity index (χ4n) is 4.81. The fraction of sp³-hybridized carbons (Fsp3) is 0.269. The summed E-state index contributed by atoms with van der Waals surface area (Å²) in [4.78, 5) is 17.3. The third kappa shape index (κ3) is 3.17. The molecule has 4 heteroatoms. The number of rotatable bonds is 4. The molecule has 2 aliphatic rings. The van der Waals surface area contributed by atoms with Crippen LogP contribution >= 0.6 is 0 Å². The van der Waals surface area contributed by atoms with Crippen LogP contribution in [0.25, 0.3) is 0 Å². The second-order valence-corrected chi connectivity index (χ2v) is 8.27. The van der Waals surface area contributed by atoms with Gasteiger partial charge in [-0.3, -0.25) is 9.80 Å². The highest BCUT2D eigenvalue weighted by Crippen LogP contribution is 2.45. The molecule has 4 nitrogen and oxygen atoms in total. The summed E-state index contributed by atoms with van der Waals surface area (Å²) < 4.78 is 6.24. The van der Waals surface area contributed by atoms with Crippen molar-refractivity contribution in [2.75, 3.05) is 19.6 Å². The van der Waals surface area contributed by atoms with Gasteiger partial charge in [0.05, 0.1) is 6.04 Å². The Balaban J connectivity index is 1.53. The number of piperazine rings is 1. The van der Waals surface area contributed by atoms with E-state index in [2.05, 4.69) is 60.4 Å². The van der Waals surface area contributed by atoms with Crippen LogP contribution in [0.15, 0.2) is 84.9 Å². The van der Waals surface area contributed by atoms with Gasteiger partial charge in [0.2, 0.25) is 0 Å². The lowest BCUT2D eigenvalue weighted by molar-refractivity contribution is 0.0416. The van der Waals surface area contributed by atoms with E-state index in [9.17, 15) is 4.79 Å². The molecule has 2 aliphatic heterocycles. The zero-order chi connectivity index (χ0) is 20.6. The topological polar surface area (TPSA) is 32.8 Å². The van der Waals surface area contributed by atoms with E-state index < -0.39 is 5.60 Å². The number of carbonyl (C=O) groups excluding carboxylic acids is 1. The van der Waals surface area contributed by atoms with Crippen molar-refractivity contribution in [2.24, 2.45) is 0 Å². The summed E-state index contributed by atoms with van der Waals surface area (Å²) in [5.41, 5.74) is 3.81. The molecular weight excluding hydrogens is 372 g/mol. The number of aryl methyl sites for hydroxylation is 1. The molecule has 2 heterocycles. The van der Waals surface area contributed by atoms with Gasteiger partial charge in [0.15, 0.2) is 5.60 Å². The van der Waals surface area contributed by atoms with E-state index in [0.29, 0.717) is 6.54 Å². The molecule has 0 aromatic heterocycles. The molecule has 0 bridgehead atoms. The first-order valence-corrected chi connectivity index (χ1v) is 10.6. The summed E-state index contributed by atoms with van der Waals surface area (Å²) >= 11 is 0. The van der Waals surface area contributed by atoms with Crippen LogP contribution in [-0.4, -0.2) is 41.6 Å². The molecule has 1 amide bonds. The van der Waals surface area contributed by atoms with Gasteiger partial charge in [-0.2, -0.15) is 0 Å². The van der Waals surface area contributed by atoms with Crippen LogP contribution in [0.2, 0.25) is 0 Å². The molecule has 2 saturated heterocycles. The van der Waals surface area contributed by atoms with Gasteiger partial charge in [-0.1, -0.05) is 90.5 Å². The van der Waals surface area contributed by atoms with E-state index in [1.165, 1.54) is 11.1 Å². The van der Waals surface area contributed by atoms with Crippen LogP contribution < -0.4 is 0 Å². The zero-order valence-electron chi connectivity index (χ0n) is 17.2. The highest BCUT2D eigenvalue weighted by Gasteiger charge is 2.57. The maximum Gasteiger partial charge on any atom is 0.411 e. The minimum absolute atomic E-state index is 0.0750. The van der Waals surface area contributed by atoms with E-state index in [1.807, 2.05) is 41.3 Å². The number of hydrogen-bond donors (Lipinski definition) is 0. The van der Waals surface area contributed by atoms with Crippen molar-refractivity contribution < 1.29 is 9.53 Å². The van der Waals surface area contributed by atoms with E-state index in [4.69, 9.17) is 4.74 Å². The normalized spacial score (nSPS) is 20.6. The molecular formula is C26H26N2O2. The predicted molar refractivity (Wildman–Crippen MR) is 117 cm³/mol. The van der Waals surface area contributed by atoms with Crippen molar-refractivity contribution in [3.05, 3.63) is 107 Å². The van der Waals surface area contributed by atoms with Crippen LogP contribution in [0, 0.1) is 6.92 Å². The zero-order valence-corrected chi connectivity index (χ0v) is 17.2. The third-order valence-electron chi connectivity index (χ3n) is 6.35. The number of benzene rings is 3. The first-order valence-electron chi connectivity index (χ1n) is 10.6. The van der Waals surface area contributed by atoms with Gasteiger partial charge in [-0.05, 0) is 12.5 Å². The highest BCUT2D eigenvalue weighted by molar-refractivity contribution is 5.74. The van der Waals surface area contributed by atoms with Gasteiger partial charge in [0.25, 0.3) is 0 Å². The lowest BCUT2D eigenvalue weighted by atomic mass is 9.79. The first kappa shape index (κ1) is 18.9. The second kappa shape index (κ2) is 7.62. The van der Waals surface area contributed by atoms with Crippen LogP contribution in [0.5, 0.6) is 0 Å². The molecule has 0 saturated carbocycles. The Hall–Kier alpha value is -3.11. The van der Waals surface area contributed by atoms with E-state index in [-0.39, 0.29) is 12.1 Å². The maximum absolute atomic E-state index is 13.0. The molecule has 152 valence electrons. The summed E-state index contributed by atoms with van der Waals surface area (Å²) in [6.45, 7) is 5.27. The standard InChI is InChI=1S/C26H26N2O2/c1-20-12-14-21(15-13-20)18-27-16-17-28-24(19-27)26(30-25(28)29,22-8-4-2-5-9-22)23-10-6-3-7-11-23/h2-15,24H,16-19H2,1H3. The summed E-state index contributed by atoms with van der Waals surface area (Å²) in [5.74, 6) is 0. The van der Waals surface area contributed by atoms with Crippen molar-refractivity contribution >= 4 is 6.09 Å². The minimum Gasteiger partial charge on any atom is -0.431 e. The average molecular weight is 399 g/mol. The van der Waals surface area contributed by atoms with E-state index in [0.717, 1.165) is 30.8 Å². The van der Waals surface area contributed by atoms with Crippen LogP contribution in [0.4, 0.5) is 4.79 Å². The monoisotopic (exact) mass is 398 g/mol. The molecule has 0 radical (unpaired) electrons. The average Bonchev–Trinajstić information content (AvgIpc) is 3.09. The largest absolute Gasteiger partial charge is 0.431 e. The van der Waals surface area contributed by atoms with Crippen molar-refractivity contribution in [3.63, 3.8) is 0 Å². The molecule has 0 spiro atoms. The quantitative estimate of drug-likeness (QED) is 0.645. The van der Waals surface area contributed by atoms with Crippen molar-refractivity contribution in [1.82, 2.24) is 9.80 Å². The number of hydrogen-bond acceptors (Lipinski definition) is 3. The summed E-state index contributed by atoms with van der Waals surface area (Å²) in [6.07, 6.45) is -0.220. The fourth-order valence-corrected chi connectivity index (χ4v) is 4.81.